The first-order valence-corrected chi connectivity index (χ1v) is 14.6. The third kappa shape index (κ3) is 7.59. The number of carbonyl (C=O) groups excluding carboxylic acids is 2. The van der Waals surface area contributed by atoms with Crippen molar-refractivity contribution in [1.82, 2.24) is 10.2 Å². The minimum atomic E-state index is -4.18. The summed E-state index contributed by atoms with van der Waals surface area (Å²) in [6.45, 7) is 5.04. The topological polar surface area (TPSA) is 96.0 Å². The maximum absolute atomic E-state index is 14.0. The number of anilines is 1. The Morgan fingerprint density at radius 3 is 2.10 bits per heavy atom. The van der Waals surface area contributed by atoms with Crippen LogP contribution in [0.2, 0.25) is 0 Å². The monoisotopic (exact) mass is 569 g/mol. The molecule has 0 bridgehead atoms. The fourth-order valence-electron chi connectivity index (χ4n) is 4.15. The maximum atomic E-state index is 14.0. The first-order chi connectivity index (χ1) is 19.1. The van der Waals surface area contributed by atoms with E-state index in [-0.39, 0.29) is 23.4 Å². The van der Waals surface area contributed by atoms with Crippen LogP contribution >= 0.6 is 0 Å². The molecule has 0 unspecified atom stereocenters. The average Bonchev–Trinajstić information content (AvgIpc) is 2.96. The smallest absolute Gasteiger partial charge is 0.264 e. The molecule has 3 aromatic carbocycles. The van der Waals surface area contributed by atoms with E-state index in [2.05, 4.69) is 5.32 Å². The van der Waals surface area contributed by atoms with E-state index in [1.807, 2.05) is 13.8 Å². The number of carbonyl (C=O) groups is 2. The second-order valence-electron chi connectivity index (χ2n) is 9.41. The van der Waals surface area contributed by atoms with E-state index >= 15 is 0 Å². The van der Waals surface area contributed by atoms with Crippen molar-refractivity contribution in [1.29, 1.82) is 0 Å². The van der Waals surface area contributed by atoms with Crippen molar-refractivity contribution in [3.05, 3.63) is 90.2 Å². The summed E-state index contributed by atoms with van der Waals surface area (Å²) in [6, 6.07) is 18.9. The lowest BCUT2D eigenvalue weighted by Crippen LogP contribution is -2.53. The highest BCUT2D eigenvalue weighted by atomic mass is 32.2. The van der Waals surface area contributed by atoms with Crippen LogP contribution in [0.5, 0.6) is 5.75 Å². The van der Waals surface area contributed by atoms with Gasteiger partial charge in [-0.25, -0.2) is 12.8 Å². The van der Waals surface area contributed by atoms with Crippen molar-refractivity contribution < 1.29 is 27.1 Å². The van der Waals surface area contributed by atoms with Gasteiger partial charge in [-0.1, -0.05) is 44.2 Å². The number of para-hydroxylation sites is 1. The van der Waals surface area contributed by atoms with E-state index in [1.54, 1.807) is 37.3 Å². The first-order valence-electron chi connectivity index (χ1n) is 13.2. The van der Waals surface area contributed by atoms with Gasteiger partial charge in [0.1, 0.15) is 24.2 Å². The van der Waals surface area contributed by atoms with Crippen LogP contribution in [0.15, 0.2) is 83.8 Å². The molecule has 0 saturated heterocycles. The molecule has 3 rings (SSSR count). The fourth-order valence-corrected chi connectivity index (χ4v) is 5.56. The Morgan fingerprint density at radius 1 is 0.925 bits per heavy atom. The van der Waals surface area contributed by atoms with Crippen molar-refractivity contribution in [3.8, 4) is 5.75 Å². The normalized spacial score (nSPS) is 12.7. The number of ether oxygens (including phenoxy) is 1. The minimum absolute atomic E-state index is 0.00322. The number of nitrogens with zero attached hydrogens (tertiary/aromatic N) is 2. The molecule has 0 heterocycles. The number of rotatable bonds is 13. The highest BCUT2D eigenvalue weighted by Gasteiger charge is 2.34. The molecule has 0 aliphatic rings. The SMILES string of the molecule is CC[C@H](C(=O)N[C@@H](C)CC)N(Cc1ccc(F)cc1)C(=O)CN(c1ccccc1)S(=O)(=O)c1ccc(OC)cc1. The van der Waals surface area contributed by atoms with E-state index in [0.717, 1.165) is 4.31 Å². The Morgan fingerprint density at radius 2 is 1.55 bits per heavy atom. The van der Waals surface area contributed by atoms with Crippen LogP contribution < -0.4 is 14.4 Å². The molecule has 2 amide bonds. The number of hydrogen-bond donors (Lipinski definition) is 1. The van der Waals surface area contributed by atoms with E-state index in [0.29, 0.717) is 29.8 Å². The van der Waals surface area contributed by atoms with Crippen LogP contribution in [0.3, 0.4) is 0 Å². The molecular formula is C30H36FN3O5S. The molecule has 0 aliphatic carbocycles. The highest BCUT2D eigenvalue weighted by Crippen LogP contribution is 2.26. The van der Waals surface area contributed by atoms with Gasteiger partial charge in [0.15, 0.2) is 0 Å². The molecule has 214 valence electrons. The first kappa shape index (κ1) is 30.6. The molecule has 8 nitrogen and oxygen atoms in total. The van der Waals surface area contributed by atoms with Crippen LogP contribution in [0.1, 0.15) is 39.2 Å². The number of hydrogen-bond acceptors (Lipinski definition) is 5. The van der Waals surface area contributed by atoms with Crippen LogP contribution in [0, 0.1) is 5.82 Å². The van der Waals surface area contributed by atoms with Gasteiger partial charge in [0.25, 0.3) is 10.0 Å². The molecule has 10 heteroatoms. The van der Waals surface area contributed by atoms with Crippen molar-refractivity contribution >= 4 is 27.5 Å². The number of halogens is 1. The Labute approximate surface area is 235 Å². The third-order valence-corrected chi connectivity index (χ3v) is 8.41. The second kappa shape index (κ2) is 13.9. The van der Waals surface area contributed by atoms with E-state index in [1.165, 1.54) is 60.5 Å². The van der Waals surface area contributed by atoms with Crippen LogP contribution in [0.4, 0.5) is 10.1 Å². The number of sulfonamides is 1. The van der Waals surface area contributed by atoms with E-state index in [9.17, 15) is 22.4 Å². The predicted molar refractivity (Wildman–Crippen MR) is 153 cm³/mol. The molecule has 0 fully saturated rings. The van der Waals surface area contributed by atoms with Gasteiger partial charge in [-0.15, -0.1) is 0 Å². The minimum Gasteiger partial charge on any atom is -0.497 e. The maximum Gasteiger partial charge on any atom is 0.264 e. The lowest BCUT2D eigenvalue weighted by molar-refractivity contribution is -0.140. The lowest BCUT2D eigenvalue weighted by Gasteiger charge is -2.33. The van der Waals surface area contributed by atoms with Crippen molar-refractivity contribution in [2.75, 3.05) is 18.0 Å². The van der Waals surface area contributed by atoms with E-state index < -0.39 is 34.3 Å². The summed E-state index contributed by atoms with van der Waals surface area (Å²) in [4.78, 5) is 28.6. The van der Waals surface area contributed by atoms with Gasteiger partial charge in [0, 0.05) is 12.6 Å². The zero-order valence-corrected chi connectivity index (χ0v) is 24.0. The van der Waals surface area contributed by atoms with Crippen molar-refractivity contribution in [2.45, 2.75) is 57.1 Å². The molecule has 0 aromatic heterocycles. The molecule has 40 heavy (non-hydrogen) atoms. The summed E-state index contributed by atoms with van der Waals surface area (Å²) >= 11 is 0. The molecule has 0 aliphatic heterocycles. The summed E-state index contributed by atoms with van der Waals surface area (Å²) in [5.74, 6) is -0.845. The van der Waals surface area contributed by atoms with E-state index in [4.69, 9.17) is 4.74 Å². The number of methoxy groups -OCH3 is 1. The van der Waals surface area contributed by atoms with Gasteiger partial charge >= 0.3 is 0 Å². The summed E-state index contributed by atoms with van der Waals surface area (Å²) in [5.41, 5.74) is 0.902. The number of benzene rings is 3. The molecule has 2 atom stereocenters. The highest BCUT2D eigenvalue weighted by molar-refractivity contribution is 7.92. The second-order valence-corrected chi connectivity index (χ2v) is 11.3. The van der Waals surface area contributed by atoms with Crippen molar-refractivity contribution in [2.24, 2.45) is 0 Å². The molecule has 0 spiro atoms. The predicted octanol–water partition coefficient (Wildman–Crippen LogP) is 4.75. The largest absolute Gasteiger partial charge is 0.497 e. The molecule has 3 aromatic rings. The Balaban J connectivity index is 2.02. The fraction of sp³-hybridized carbons (Fsp3) is 0.333. The molecule has 0 radical (unpaired) electrons. The standard InChI is InChI=1S/C30H36FN3O5S/c1-5-22(3)32-30(36)28(6-2)33(20-23-12-14-24(31)15-13-23)29(35)21-34(25-10-8-7-9-11-25)40(37,38)27-18-16-26(39-4)17-19-27/h7-19,22,28H,5-6,20-21H2,1-4H3,(H,32,36)/t22-,28+/m0/s1. The summed E-state index contributed by atoms with van der Waals surface area (Å²) in [6.07, 6.45) is 1.00. The van der Waals surface area contributed by atoms with Gasteiger partial charge < -0.3 is 15.0 Å². The lowest BCUT2D eigenvalue weighted by atomic mass is 10.1. The molecular weight excluding hydrogens is 533 g/mol. The number of amides is 2. The van der Waals surface area contributed by atoms with Gasteiger partial charge in [0.05, 0.1) is 17.7 Å². The number of nitrogens with one attached hydrogen (secondary N) is 1. The van der Waals surface area contributed by atoms with Gasteiger partial charge in [-0.2, -0.15) is 0 Å². The van der Waals surface area contributed by atoms with Gasteiger partial charge in [0.2, 0.25) is 11.8 Å². The van der Waals surface area contributed by atoms with Crippen molar-refractivity contribution in [3.63, 3.8) is 0 Å². The summed E-state index contributed by atoms with van der Waals surface area (Å²) < 4.78 is 47.5. The summed E-state index contributed by atoms with van der Waals surface area (Å²) in [5, 5.41) is 2.93. The molecule has 1 N–H and O–H groups in total. The Hall–Kier alpha value is -3.92. The zero-order valence-electron chi connectivity index (χ0n) is 23.2. The quantitative estimate of drug-likeness (QED) is 0.321. The van der Waals surface area contributed by atoms with Crippen LogP contribution in [0.25, 0.3) is 0 Å². The van der Waals surface area contributed by atoms with Gasteiger partial charge in [-0.3, -0.25) is 13.9 Å². The Kier molecular flexibility index (Phi) is 10.7. The zero-order chi connectivity index (χ0) is 29.3. The third-order valence-electron chi connectivity index (χ3n) is 6.62. The van der Waals surface area contributed by atoms with Crippen LogP contribution in [-0.4, -0.2) is 50.9 Å². The van der Waals surface area contributed by atoms with Crippen LogP contribution in [-0.2, 0) is 26.2 Å². The Bertz CT molecular complexity index is 1370. The average molecular weight is 570 g/mol. The molecule has 0 saturated carbocycles. The van der Waals surface area contributed by atoms with Gasteiger partial charge in [-0.05, 0) is 73.9 Å². The summed E-state index contributed by atoms with van der Waals surface area (Å²) in [7, 11) is -2.70.